The number of benzene rings is 1. The maximum absolute atomic E-state index is 9.84. The number of phenols is 1. The van der Waals surface area contributed by atoms with Gasteiger partial charge in [0.2, 0.25) is 0 Å². The summed E-state index contributed by atoms with van der Waals surface area (Å²) in [5, 5.41) is 13.8. The first-order valence-corrected chi connectivity index (χ1v) is 7.81. The lowest BCUT2D eigenvalue weighted by molar-refractivity contribution is 0.476. The standard InChI is InChI=1S/C19H15N5O/c1-12-3-2-4-17(21-12)19-23-16-6-5-14(25)11-15(16)18(24-19)22-13-7-9-20-10-8-13/h2-11,25H,1H3,(H,20,22,23,24). The molecule has 0 aliphatic heterocycles. The van der Waals surface area contributed by atoms with Crippen LogP contribution in [0.5, 0.6) is 5.75 Å². The Kier molecular flexibility index (Phi) is 3.70. The second-order valence-corrected chi connectivity index (χ2v) is 5.62. The highest BCUT2D eigenvalue weighted by atomic mass is 16.3. The molecule has 0 fully saturated rings. The number of anilines is 2. The maximum atomic E-state index is 9.84. The van der Waals surface area contributed by atoms with E-state index in [4.69, 9.17) is 0 Å². The van der Waals surface area contributed by atoms with Gasteiger partial charge in [-0.1, -0.05) is 6.07 Å². The SMILES string of the molecule is Cc1cccc(-c2nc(Nc3ccncc3)c3cc(O)ccc3n2)n1. The van der Waals surface area contributed by atoms with Crippen molar-refractivity contribution in [1.82, 2.24) is 19.9 Å². The third kappa shape index (κ3) is 3.10. The second kappa shape index (κ2) is 6.16. The van der Waals surface area contributed by atoms with Crippen LogP contribution in [-0.2, 0) is 0 Å². The summed E-state index contributed by atoms with van der Waals surface area (Å²) < 4.78 is 0. The minimum atomic E-state index is 0.162. The topological polar surface area (TPSA) is 83.8 Å². The normalized spacial score (nSPS) is 10.8. The number of hydrogen-bond donors (Lipinski definition) is 2. The molecule has 3 aromatic heterocycles. The van der Waals surface area contributed by atoms with Crippen LogP contribution in [0.2, 0.25) is 0 Å². The molecule has 1 aromatic carbocycles. The smallest absolute Gasteiger partial charge is 0.180 e. The molecule has 6 nitrogen and oxygen atoms in total. The first-order chi connectivity index (χ1) is 12.2. The molecule has 0 atom stereocenters. The van der Waals surface area contributed by atoms with E-state index in [0.29, 0.717) is 17.3 Å². The van der Waals surface area contributed by atoms with Crippen LogP contribution in [0.1, 0.15) is 5.69 Å². The van der Waals surface area contributed by atoms with Gasteiger partial charge in [-0.25, -0.2) is 15.0 Å². The van der Waals surface area contributed by atoms with Gasteiger partial charge in [0.25, 0.3) is 0 Å². The van der Waals surface area contributed by atoms with Gasteiger partial charge in [0.1, 0.15) is 17.3 Å². The molecule has 0 radical (unpaired) electrons. The molecule has 2 N–H and O–H groups in total. The monoisotopic (exact) mass is 329 g/mol. The molecule has 4 aromatic rings. The summed E-state index contributed by atoms with van der Waals surface area (Å²) in [6.45, 7) is 1.93. The maximum Gasteiger partial charge on any atom is 0.180 e. The largest absolute Gasteiger partial charge is 0.508 e. The van der Waals surface area contributed by atoms with Crippen LogP contribution in [0.4, 0.5) is 11.5 Å². The minimum absolute atomic E-state index is 0.162. The van der Waals surface area contributed by atoms with Crippen LogP contribution < -0.4 is 5.32 Å². The molecule has 0 bridgehead atoms. The molecule has 3 heterocycles. The number of aryl methyl sites for hydroxylation is 1. The number of hydrogen-bond acceptors (Lipinski definition) is 6. The van der Waals surface area contributed by atoms with Gasteiger partial charge in [0.05, 0.1) is 5.52 Å². The Morgan fingerprint density at radius 1 is 0.920 bits per heavy atom. The van der Waals surface area contributed by atoms with Crippen molar-refractivity contribution in [3.8, 4) is 17.3 Å². The van der Waals surface area contributed by atoms with Crippen molar-refractivity contribution in [2.75, 3.05) is 5.32 Å². The van der Waals surface area contributed by atoms with Crippen LogP contribution in [-0.4, -0.2) is 25.0 Å². The van der Waals surface area contributed by atoms with E-state index in [0.717, 1.165) is 22.3 Å². The van der Waals surface area contributed by atoms with E-state index >= 15 is 0 Å². The van der Waals surface area contributed by atoms with E-state index < -0.39 is 0 Å². The zero-order valence-corrected chi connectivity index (χ0v) is 13.5. The van der Waals surface area contributed by atoms with E-state index in [1.165, 1.54) is 0 Å². The Hall–Kier alpha value is -3.54. The summed E-state index contributed by atoms with van der Waals surface area (Å²) in [5.41, 5.74) is 3.17. The van der Waals surface area contributed by atoms with Crippen LogP contribution >= 0.6 is 0 Å². The predicted molar refractivity (Wildman–Crippen MR) is 96.7 cm³/mol. The summed E-state index contributed by atoms with van der Waals surface area (Å²) in [6, 6.07) is 14.5. The zero-order chi connectivity index (χ0) is 17.2. The highest BCUT2D eigenvalue weighted by Crippen LogP contribution is 2.29. The van der Waals surface area contributed by atoms with Crippen molar-refractivity contribution in [2.45, 2.75) is 6.92 Å². The molecule has 25 heavy (non-hydrogen) atoms. The van der Waals surface area contributed by atoms with Crippen LogP contribution in [0.15, 0.2) is 60.9 Å². The average molecular weight is 329 g/mol. The lowest BCUT2D eigenvalue weighted by atomic mass is 10.2. The summed E-state index contributed by atoms with van der Waals surface area (Å²) >= 11 is 0. The highest BCUT2D eigenvalue weighted by Gasteiger charge is 2.11. The van der Waals surface area contributed by atoms with Crippen molar-refractivity contribution in [2.24, 2.45) is 0 Å². The first-order valence-electron chi connectivity index (χ1n) is 7.81. The van der Waals surface area contributed by atoms with E-state index in [-0.39, 0.29) is 5.75 Å². The van der Waals surface area contributed by atoms with Gasteiger partial charge >= 0.3 is 0 Å². The predicted octanol–water partition coefficient (Wildman–Crippen LogP) is 3.84. The van der Waals surface area contributed by atoms with Gasteiger partial charge in [-0.05, 0) is 49.4 Å². The summed E-state index contributed by atoms with van der Waals surface area (Å²) in [7, 11) is 0. The third-order valence-corrected chi connectivity index (χ3v) is 3.74. The molecule has 0 amide bonds. The molecule has 0 unspecified atom stereocenters. The van der Waals surface area contributed by atoms with Crippen molar-refractivity contribution >= 4 is 22.4 Å². The number of pyridine rings is 2. The molecular formula is C19H15N5O. The highest BCUT2D eigenvalue weighted by molar-refractivity contribution is 5.93. The Morgan fingerprint density at radius 3 is 2.56 bits per heavy atom. The molecule has 4 rings (SSSR count). The van der Waals surface area contributed by atoms with E-state index in [2.05, 4.69) is 25.3 Å². The van der Waals surface area contributed by atoms with Crippen LogP contribution in [0.25, 0.3) is 22.4 Å². The summed E-state index contributed by atoms with van der Waals surface area (Å²) in [6.07, 6.45) is 3.40. The number of phenolic OH excluding ortho intramolecular Hbond substituents is 1. The lowest BCUT2D eigenvalue weighted by Gasteiger charge is -2.11. The molecule has 6 heteroatoms. The zero-order valence-electron chi connectivity index (χ0n) is 13.5. The lowest BCUT2D eigenvalue weighted by Crippen LogP contribution is -2.00. The fourth-order valence-electron chi connectivity index (χ4n) is 2.57. The molecular weight excluding hydrogens is 314 g/mol. The molecule has 0 aliphatic carbocycles. The van der Waals surface area contributed by atoms with E-state index in [1.54, 1.807) is 30.6 Å². The first kappa shape index (κ1) is 15.0. The average Bonchev–Trinajstić information content (AvgIpc) is 2.63. The van der Waals surface area contributed by atoms with Crippen molar-refractivity contribution in [1.29, 1.82) is 0 Å². The number of nitrogens with one attached hydrogen (secondary N) is 1. The van der Waals surface area contributed by atoms with Crippen LogP contribution in [0.3, 0.4) is 0 Å². The fraction of sp³-hybridized carbons (Fsp3) is 0.0526. The van der Waals surface area contributed by atoms with Gasteiger partial charge < -0.3 is 10.4 Å². The molecule has 0 spiro atoms. The van der Waals surface area contributed by atoms with Gasteiger partial charge in [-0.15, -0.1) is 0 Å². The number of fused-ring (bicyclic) bond motifs is 1. The van der Waals surface area contributed by atoms with Gasteiger partial charge in [-0.2, -0.15) is 0 Å². The van der Waals surface area contributed by atoms with Gasteiger partial charge in [-0.3, -0.25) is 4.98 Å². The number of aromatic hydroxyl groups is 1. The molecule has 122 valence electrons. The molecule has 0 saturated carbocycles. The van der Waals surface area contributed by atoms with Gasteiger partial charge in [0, 0.05) is 29.2 Å². The van der Waals surface area contributed by atoms with E-state index in [1.807, 2.05) is 37.3 Å². The number of nitrogens with zero attached hydrogens (tertiary/aromatic N) is 4. The molecule has 0 saturated heterocycles. The minimum Gasteiger partial charge on any atom is -0.508 e. The molecule has 0 aliphatic rings. The Morgan fingerprint density at radius 2 is 1.76 bits per heavy atom. The number of rotatable bonds is 3. The quantitative estimate of drug-likeness (QED) is 0.594. The fourth-order valence-corrected chi connectivity index (χ4v) is 2.57. The van der Waals surface area contributed by atoms with Crippen molar-refractivity contribution in [3.63, 3.8) is 0 Å². The number of aromatic nitrogens is 4. The Labute approximate surface area is 144 Å². The summed E-state index contributed by atoms with van der Waals surface area (Å²) in [5.74, 6) is 1.29. The Bertz CT molecular complexity index is 1050. The summed E-state index contributed by atoms with van der Waals surface area (Å²) in [4.78, 5) is 17.7. The van der Waals surface area contributed by atoms with E-state index in [9.17, 15) is 5.11 Å². The van der Waals surface area contributed by atoms with Crippen LogP contribution in [0, 0.1) is 6.92 Å². The second-order valence-electron chi connectivity index (χ2n) is 5.62. The third-order valence-electron chi connectivity index (χ3n) is 3.74. The Balaban J connectivity index is 1.90. The van der Waals surface area contributed by atoms with Crippen molar-refractivity contribution in [3.05, 3.63) is 66.6 Å². The van der Waals surface area contributed by atoms with Gasteiger partial charge in [0.15, 0.2) is 5.82 Å². The van der Waals surface area contributed by atoms with Crippen molar-refractivity contribution < 1.29 is 5.11 Å².